The third kappa shape index (κ3) is 4.81. The SMILES string of the molecule is Cc1nc2ccc(C3=NCc4ccc(C(=O)C[C@@H]5CCC[C@](O)(Cc6c(F)cccc6F)C5)cc43)cc2s1. The van der Waals surface area contributed by atoms with E-state index >= 15 is 0 Å². The molecule has 0 saturated heterocycles. The number of benzene rings is 3. The molecule has 6 rings (SSSR count). The van der Waals surface area contributed by atoms with Crippen LogP contribution in [0.2, 0.25) is 0 Å². The Kier molecular flexibility index (Phi) is 6.44. The van der Waals surface area contributed by atoms with Crippen molar-refractivity contribution in [3.05, 3.63) is 99.1 Å². The van der Waals surface area contributed by atoms with Gasteiger partial charge in [-0.2, -0.15) is 0 Å². The van der Waals surface area contributed by atoms with Crippen LogP contribution in [-0.4, -0.2) is 27.2 Å². The normalized spacial score (nSPS) is 20.9. The van der Waals surface area contributed by atoms with Gasteiger partial charge in [-0.25, -0.2) is 13.8 Å². The number of hydrogen-bond donors (Lipinski definition) is 1. The topological polar surface area (TPSA) is 62.5 Å². The van der Waals surface area contributed by atoms with E-state index in [1.165, 1.54) is 18.2 Å². The molecule has 2 aliphatic rings. The largest absolute Gasteiger partial charge is 0.390 e. The van der Waals surface area contributed by atoms with Crippen molar-refractivity contribution >= 4 is 33.0 Å². The van der Waals surface area contributed by atoms with Gasteiger partial charge in [0, 0.05) is 35.1 Å². The number of carbonyl (C=O) groups excluding carboxylic acids is 1. The first-order chi connectivity index (χ1) is 18.3. The average molecular weight is 531 g/mol. The molecule has 7 heteroatoms. The van der Waals surface area contributed by atoms with Crippen LogP contribution in [-0.2, 0) is 13.0 Å². The number of carbonyl (C=O) groups is 1. The first-order valence-corrected chi connectivity index (χ1v) is 13.8. The lowest BCUT2D eigenvalue weighted by molar-refractivity contribution is -0.0171. The van der Waals surface area contributed by atoms with E-state index in [9.17, 15) is 18.7 Å². The van der Waals surface area contributed by atoms with Crippen molar-refractivity contribution in [2.24, 2.45) is 10.9 Å². The minimum Gasteiger partial charge on any atom is -0.390 e. The smallest absolute Gasteiger partial charge is 0.163 e. The van der Waals surface area contributed by atoms with Gasteiger partial charge in [-0.15, -0.1) is 11.3 Å². The van der Waals surface area contributed by atoms with E-state index in [0.717, 1.165) is 44.0 Å². The van der Waals surface area contributed by atoms with Crippen molar-refractivity contribution < 1.29 is 18.7 Å². The Morgan fingerprint density at radius 1 is 1.13 bits per heavy atom. The van der Waals surface area contributed by atoms with E-state index in [1.807, 2.05) is 37.3 Å². The van der Waals surface area contributed by atoms with Gasteiger partial charge in [0.05, 0.1) is 33.1 Å². The third-order valence-electron chi connectivity index (χ3n) is 7.83. The number of aryl methyl sites for hydroxylation is 1. The second-order valence-electron chi connectivity index (χ2n) is 10.6. The zero-order valence-electron chi connectivity index (χ0n) is 21.1. The average Bonchev–Trinajstić information content (AvgIpc) is 3.48. The molecule has 2 atom stereocenters. The van der Waals surface area contributed by atoms with E-state index in [-0.39, 0.29) is 23.7 Å². The van der Waals surface area contributed by atoms with Gasteiger partial charge < -0.3 is 5.11 Å². The molecule has 1 fully saturated rings. The lowest BCUT2D eigenvalue weighted by Crippen LogP contribution is -2.38. The van der Waals surface area contributed by atoms with Gasteiger partial charge in [0.1, 0.15) is 11.6 Å². The highest BCUT2D eigenvalue weighted by atomic mass is 32.1. The van der Waals surface area contributed by atoms with Crippen LogP contribution in [0.15, 0.2) is 59.6 Å². The molecule has 3 aromatic carbocycles. The molecule has 194 valence electrons. The molecule has 2 heterocycles. The van der Waals surface area contributed by atoms with Gasteiger partial charge in [0.25, 0.3) is 0 Å². The summed E-state index contributed by atoms with van der Waals surface area (Å²) in [6.45, 7) is 2.58. The van der Waals surface area contributed by atoms with Crippen LogP contribution in [0.1, 0.15) is 69.7 Å². The summed E-state index contributed by atoms with van der Waals surface area (Å²) in [5.74, 6) is -1.32. The van der Waals surface area contributed by atoms with E-state index in [0.29, 0.717) is 37.8 Å². The summed E-state index contributed by atoms with van der Waals surface area (Å²) in [4.78, 5) is 22.7. The van der Waals surface area contributed by atoms with Crippen molar-refractivity contribution in [1.82, 2.24) is 4.98 Å². The molecule has 1 saturated carbocycles. The number of aromatic nitrogens is 1. The molecule has 1 N–H and O–H groups in total. The Labute approximate surface area is 224 Å². The molecule has 0 unspecified atom stereocenters. The van der Waals surface area contributed by atoms with Crippen LogP contribution in [0.3, 0.4) is 0 Å². The number of nitrogens with zero attached hydrogens (tertiary/aromatic N) is 2. The quantitative estimate of drug-likeness (QED) is 0.274. The van der Waals surface area contributed by atoms with Crippen LogP contribution in [0.25, 0.3) is 10.2 Å². The molecule has 0 bridgehead atoms. The lowest BCUT2D eigenvalue weighted by atomic mass is 9.73. The fourth-order valence-electron chi connectivity index (χ4n) is 6.00. The maximum atomic E-state index is 14.2. The first kappa shape index (κ1) is 25.0. The van der Waals surface area contributed by atoms with Gasteiger partial charge in [0.2, 0.25) is 0 Å². The van der Waals surface area contributed by atoms with Gasteiger partial charge in [-0.05, 0) is 68.0 Å². The summed E-state index contributed by atoms with van der Waals surface area (Å²) in [7, 11) is 0. The fourth-order valence-corrected chi connectivity index (χ4v) is 6.86. The molecule has 1 aliphatic carbocycles. The highest BCUT2D eigenvalue weighted by Gasteiger charge is 2.36. The molecule has 4 nitrogen and oxygen atoms in total. The first-order valence-electron chi connectivity index (χ1n) is 13.0. The lowest BCUT2D eigenvalue weighted by Gasteiger charge is -2.37. The van der Waals surface area contributed by atoms with E-state index in [2.05, 4.69) is 11.1 Å². The fraction of sp³-hybridized carbons (Fsp3) is 0.323. The molecule has 38 heavy (non-hydrogen) atoms. The molecular formula is C31H28F2N2O2S. The van der Waals surface area contributed by atoms with E-state index in [1.54, 1.807) is 11.3 Å². The number of aliphatic hydroxyl groups is 1. The highest BCUT2D eigenvalue weighted by Crippen LogP contribution is 2.38. The van der Waals surface area contributed by atoms with Gasteiger partial charge in [-0.3, -0.25) is 9.79 Å². The van der Waals surface area contributed by atoms with Gasteiger partial charge in [0.15, 0.2) is 5.78 Å². The Balaban J connectivity index is 1.19. The number of halogens is 2. The number of aliphatic imine (C=N–C) groups is 1. The maximum absolute atomic E-state index is 14.2. The summed E-state index contributed by atoms with van der Waals surface area (Å²) < 4.78 is 29.6. The predicted octanol–water partition coefficient (Wildman–Crippen LogP) is 6.97. The Bertz CT molecular complexity index is 1570. The zero-order valence-corrected chi connectivity index (χ0v) is 22.0. The van der Waals surface area contributed by atoms with Crippen LogP contribution in [0.4, 0.5) is 8.78 Å². The molecule has 4 aromatic rings. The maximum Gasteiger partial charge on any atom is 0.163 e. The standard InChI is InChI=1S/C31H28F2N2O2S/c1-18-35-27-10-9-21(14-29(27)38-18)30-23-13-20(7-8-22(23)17-34-30)28(36)12-19-4-3-11-31(37,15-19)16-24-25(32)5-2-6-26(24)33/h2,5-10,13-14,19,37H,3-4,11-12,15-17H2,1H3/t19-,31+/m0/s1. The minimum absolute atomic E-state index is 0.0129. The van der Waals surface area contributed by atoms with Crippen LogP contribution >= 0.6 is 11.3 Å². The monoisotopic (exact) mass is 530 g/mol. The second-order valence-corrected chi connectivity index (χ2v) is 11.9. The number of hydrogen-bond acceptors (Lipinski definition) is 5. The summed E-state index contributed by atoms with van der Waals surface area (Å²) in [6.07, 6.45) is 2.54. The van der Waals surface area contributed by atoms with Gasteiger partial charge >= 0.3 is 0 Å². The highest BCUT2D eigenvalue weighted by molar-refractivity contribution is 7.18. The summed E-state index contributed by atoms with van der Waals surface area (Å²) in [6, 6.07) is 15.7. The molecule has 1 aliphatic heterocycles. The number of Topliss-reactive ketones (excluding diaryl/α,β-unsaturated/α-hetero) is 1. The minimum atomic E-state index is -1.22. The second kappa shape index (κ2) is 9.79. The Morgan fingerprint density at radius 2 is 1.95 bits per heavy atom. The molecule has 0 amide bonds. The third-order valence-corrected chi connectivity index (χ3v) is 8.76. The molecular weight excluding hydrogens is 502 g/mol. The number of thiazole rings is 1. The van der Waals surface area contributed by atoms with Crippen LogP contribution in [0.5, 0.6) is 0 Å². The van der Waals surface area contributed by atoms with Crippen molar-refractivity contribution in [2.45, 2.75) is 57.6 Å². The van der Waals surface area contributed by atoms with Crippen molar-refractivity contribution in [3.63, 3.8) is 0 Å². The van der Waals surface area contributed by atoms with E-state index < -0.39 is 17.2 Å². The number of ketones is 1. The van der Waals surface area contributed by atoms with Gasteiger partial charge in [-0.1, -0.05) is 30.7 Å². The van der Waals surface area contributed by atoms with Crippen molar-refractivity contribution in [1.29, 1.82) is 0 Å². The Hall–Kier alpha value is -3.29. The van der Waals surface area contributed by atoms with Crippen molar-refractivity contribution in [3.8, 4) is 0 Å². The predicted molar refractivity (Wildman–Crippen MR) is 146 cm³/mol. The molecule has 1 aromatic heterocycles. The zero-order chi connectivity index (χ0) is 26.4. The van der Waals surface area contributed by atoms with E-state index in [4.69, 9.17) is 4.99 Å². The number of rotatable bonds is 6. The Morgan fingerprint density at radius 3 is 2.76 bits per heavy atom. The van der Waals surface area contributed by atoms with Crippen LogP contribution < -0.4 is 0 Å². The summed E-state index contributed by atoms with van der Waals surface area (Å²) >= 11 is 1.65. The summed E-state index contributed by atoms with van der Waals surface area (Å²) in [5, 5.41) is 12.2. The molecule has 0 radical (unpaired) electrons. The van der Waals surface area contributed by atoms with Crippen LogP contribution in [0, 0.1) is 24.5 Å². The number of fused-ring (bicyclic) bond motifs is 2. The molecule has 0 spiro atoms. The van der Waals surface area contributed by atoms with Crippen molar-refractivity contribution in [2.75, 3.05) is 0 Å². The summed E-state index contributed by atoms with van der Waals surface area (Å²) in [5.41, 5.74) is 4.27.